The topological polar surface area (TPSA) is 114 Å². The quantitative estimate of drug-likeness (QED) is 0.255. The second-order valence-electron chi connectivity index (χ2n) is 11.9. The number of carbonyl (C=O) groups is 3. The fraction of sp³-hybridized carbons (Fsp3) is 0.417. The SMILES string of the molecule is CC(C)C.COc1cc(C(=O)NCC(N)CC(C)C(=O)Nc2ccc(F)cc2)cc(C(=O)N2CCCC2)c1.Cc1ccccc1. The molecule has 1 heterocycles. The molecule has 3 aromatic carbocycles. The molecule has 244 valence electrons. The zero-order valence-electron chi connectivity index (χ0n) is 27.4. The number of nitrogens with zero attached hydrogens (tertiary/aromatic N) is 1. The van der Waals surface area contributed by atoms with E-state index in [4.69, 9.17) is 10.5 Å². The first-order valence-electron chi connectivity index (χ1n) is 15.5. The van der Waals surface area contributed by atoms with Crippen LogP contribution in [0.4, 0.5) is 10.1 Å². The molecule has 3 aromatic rings. The van der Waals surface area contributed by atoms with Gasteiger partial charge in [-0.1, -0.05) is 63.6 Å². The number of methoxy groups -OCH3 is 1. The Bertz CT molecular complexity index is 1340. The van der Waals surface area contributed by atoms with E-state index in [0.29, 0.717) is 42.1 Å². The summed E-state index contributed by atoms with van der Waals surface area (Å²) < 4.78 is 18.3. The molecule has 9 heteroatoms. The van der Waals surface area contributed by atoms with Crippen LogP contribution in [-0.4, -0.2) is 55.4 Å². The molecule has 3 amide bonds. The number of hydrogen-bond acceptors (Lipinski definition) is 5. The van der Waals surface area contributed by atoms with Gasteiger partial charge in [0.15, 0.2) is 0 Å². The van der Waals surface area contributed by atoms with E-state index in [0.717, 1.165) is 18.8 Å². The molecular formula is C36H49FN4O4. The van der Waals surface area contributed by atoms with Crippen LogP contribution in [-0.2, 0) is 4.79 Å². The van der Waals surface area contributed by atoms with Crippen molar-refractivity contribution in [2.24, 2.45) is 17.6 Å². The molecule has 0 bridgehead atoms. The van der Waals surface area contributed by atoms with Crippen LogP contribution in [0.5, 0.6) is 5.75 Å². The Balaban J connectivity index is 0.000000541. The molecule has 1 fully saturated rings. The van der Waals surface area contributed by atoms with Gasteiger partial charge in [0.2, 0.25) is 5.91 Å². The standard InChI is InChI=1S/C25H31FN4O4.C7H8.C4H10/c1-16(23(31)29-21-7-5-19(26)6-8-21)11-20(27)15-28-24(32)17-12-18(14-22(13-17)34-2)25(33)30-9-3-4-10-30;1-7-5-3-2-4-6-7;1-4(2)3/h5-8,12-14,16,20H,3-4,9-11,15,27H2,1-2H3,(H,28,32)(H,29,31);2-6H,1H3;4H,1-3H3. The van der Waals surface area contributed by atoms with Gasteiger partial charge in [-0.3, -0.25) is 14.4 Å². The van der Waals surface area contributed by atoms with Gasteiger partial charge in [0.1, 0.15) is 11.6 Å². The van der Waals surface area contributed by atoms with Gasteiger partial charge in [0, 0.05) is 48.4 Å². The molecule has 1 aliphatic rings. The smallest absolute Gasteiger partial charge is 0.254 e. The lowest BCUT2D eigenvalue weighted by molar-refractivity contribution is -0.119. The van der Waals surface area contributed by atoms with Gasteiger partial charge < -0.3 is 26.0 Å². The van der Waals surface area contributed by atoms with Crippen LogP contribution in [0.3, 0.4) is 0 Å². The van der Waals surface area contributed by atoms with Crippen molar-refractivity contribution < 1.29 is 23.5 Å². The van der Waals surface area contributed by atoms with Gasteiger partial charge in [-0.05, 0) is 74.6 Å². The third kappa shape index (κ3) is 13.9. The molecular weight excluding hydrogens is 571 g/mol. The predicted molar refractivity (Wildman–Crippen MR) is 179 cm³/mol. The summed E-state index contributed by atoms with van der Waals surface area (Å²) in [7, 11) is 1.48. The van der Waals surface area contributed by atoms with E-state index in [9.17, 15) is 18.8 Å². The maximum atomic E-state index is 13.0. The van der Waals surface area contributed by atoms with Crippen molar-refractivity contribution in [1.29, 1.82) is 0 Å². The number of anilines is 1. The summed E-state index contributed by atoms with van der Waals surface area (Å²) in [6.45, 7) is 11.9. The molecule has 1 aliphatic heterocycles. The highest BCUT2D eigenvalue weighted by molar-refractivity contribution is 6.00. The van der Waals surface area contributed by atoms with Crippen LogP contribution in [0.1, 0.15) is 73.2 Å². The maximum absolute atomic E-state index is 13.0. The normalized spacial score (nSPS) is 13.4. The molecule has 4 N–H and O–H groups in total. The largest absolute Gasteiger partial charge is 0.497 e. The van der Waals surface area contributed by atoms with E-state index in [1.807, 2.05) is 18.2 Å². The molecule has 4 rings (SSSR count). The van der Waals surface area contributed by atoms with Crippen LogP contribution >= 0.6 is 0 Å². The van der Waals surface area contributed by atoms with Crippen LogP contribution in [0.25, 0.3) is 0 Å². The Hall–Kier alpha value is -4.24. The monoisotopic (exact) mass is 620 g/mol. The van der Waals surface area contributed by atoms with Crippen molar-refractivity contribution in [1.82, 2.24) is 10.2 Å². The zero-order chi connectivity index (χ0) is 33.4. The molecule has 0 spiro atoms. The van der Waals surface area contributed by atoms with E-state index in [-0.39, 0.29) is 30.1 Å². The number of amides is 3. The molecule has 0 aromatic heterocycles. The number of likely N-dealkylation sites (tertiary alicyclic amines) is 1. The highest BCUT2D eigenvalue weighted by atomic mass is 19.1. The highest BCUT2D eigenvalue weighted by Gasteiger charge is 2.22. The van der Waals surface area contributed by atoms with Gasteiger partial charge in [-0.2, -0.15) is 0 Å². The lowest BCUT2D eigenvalue weighted by Crippen LogP contribution is -2.39. The minimum Gasteiger partial charge on any atom is -0.497 e. The van der Waals surface area contributed by atoms with E-state index >= 15 is 0 Å². The van der Waals surface area contributed by atoms with Crippen molar-refractivity contribution in [3.63, 3.8) is 0 Å². The first kappa shape index (κ1) is 36.9. The number of hydrogen-bond donors (Lipinski definition) is 3. The minimum absolute atomic E-state index is 0.122. The van der Waals surface area contributed by atoms with Crippen LogP contribution in [0, 0.1) is 24.6 Å². The molecule has 0 radical (unpaired) electrons. The Morgan fingerprint density at radius 3 is 2.02 bits per heavy atom. The van der Waals surface area contributed by atoms with Gasteiger partial charge in [-0.25, -0.2) is 4.39 Å². The van der Waals surface area contributed by atoms with Gasteiger partial charge in [-0.15, -0.1) is 0 Å². The Morgan fingerprint density at radius 1 is 0.911 bits per heavy atom. The number of nitrogens with one attached hydrogen (secondary N) is 2. The third-order valence-electron chi connectivity index (χ3n) is 6.73. The van der Waals surface area contributed by atoms with Gasteiger partial charge >= 0.3 is 0 Å². The Kier molecular flexibility index (Phi) is 15.8. The Labute approximate surface area is 267 Å². The summed E-state index contributed by atoms with van der Waals surface area (Å²) in [5.74, 6) is -0.293. The lowest BCUT2D eigenvalue weighted by Gasteiger charge is -2.18. The van der Waals surface area contributed by atoms with E-state index in [2.05, 4.69) is 50.5 Å². The van der Waals surface area contributed by atoms with Gasteiger partial charge in [0.05, 0.1) is 7.11 Å². The van der Waals surface area contributed by atoms with Crippen molar-refractivity contribution in [2.45, 2.75) is 59.9 Å². The summed E-state index contributed by atoms with van der Waals surface area (Å²) in [6, 6.07) is 20.1. The van der Waals surface area contributed by atoms with Crippen molar-refractivity contribution in [3.05, 3.63) is 95.3 Å². The summed E-state index contributed by atoms with van der Waals surface area (Å²) in [4.78, 5) is 39.6. The predicted octanol–water partition coefficient (Wildman–Crippen LogP) is 6.45. The fourth-order valence-corrected chi connectivity index (χ4v) is 4.38. The molecule has 2 unspecified atom stereocenters. The van der Waals surface area contributed by atoms with Crippen molar-refractivity contribution in [3.8, 4) is 5.75 Å². The van der Waals surface area contributed by atoms with E-state index < -0.39 is 12.0 Å². The van der Waals surface area contributed by atoms with Crippen LogP contribution < -0.4 is 21.1 Å². The lowest BCUT2D eigenvalue weighted by atomic mass is 10.0. The molecule has 1 saturated heterocycles. The number of rotatable bonds is 9. The number of nitrogens with two attached hydrogens (primary N) is 1. The molecule has 0 aliphatic carbocycles. The van der Waals surface area contributed by atoms with E-state index in [1.54, 1.807) is 30.0 Å². The number of aryl methyl sites for hydroxylation is 1. The Morgan fingerprint density at radius 2 is 1.49 bits per heavy atom. The summed E-state index contributed by atoms with van der Waals surface area (Å²) in [5.41, 5.74) is 8.67. The highest BCUT2D eigenvalue weighted by Crippen LogP contribution is 2.21. The fourth-order valence-electron chi connectivity index (χ4n) is 4.38. The van der Waals surface area contributed by atoms with Crippen molar-refractivity contribution in [2.75, 3.05) is 32.1 Å². The van der Waals surface area contributed by atoms with Crippen LogP contribution in [0.2, 0.25) is 0 Å². The molecule has 2 atom stereocenters. The first-order chi connectivity index (χ1) is 21.4. The molecule has 8 nitrogen and oxygen atoms in total. The molecule has 0 saturated carbocycles. The first-order valence-corrected chi connectivity index (χ1v) is 15.5. The third-order valence-corrected chi connectivity index (χ3v) is 6.73. The van der Waals surface area contributed by atoms with Gasteiger partial charge in [0.25, 0.3) is 11.8 Å². The number of benzene rings is 3. The maximum Gasteiger partial charge on any atom is 0.254 e. The summed E-state index contributed by atoms with van der Waals surface area (Å²) in [6.07, 6.45) is 2.28. The summed E-state index contributed by atoms with van der Waals surface area (Å²) >= 11 is 0. The molecule has 45 heavy (non-hydrogen) atoms. The number of carbonyl (C=O) groups excluding carboxylic acids is 3. The minimum atomic E-state index is -0.464. The average molecular weight is 621 g/mol. The van der Waals surface area contributed by atoms with Crippen molar-refractivity contribution >= 4 is 23.4 Å². The van der Waals surface area contributed by atoms with E-state index in [1.165, 1.54) is 36.9 Å². The summed E-state index contributed by atoms with van der Waals surface area (Å²) in [5, 5.41) is 5.49. The second kappa shape index (κ2) is 19.2. The number of ether oxygens (including phenoxy) is 1. The van der Waals surface area contributed by atoms with Crippen LogP contribution in [0.15, 0.2) is 72.8 Å². The average Bonchev–Trinajstić information content (AvgIpc) is 3.56. The number of halogens is 1. The second-order valence-corrected chi connectivity index (χ2v) is 11.9. The zero-order valence-corrected chi connectivity index (χ0v) is 27.4.